The number of hydrogen-bond acceptors (Lipinski definition) is 5. The van der Waals surface area contributed by atoms with Crippen LogP contribution in [-0.4, -0.2) is 26.3 Å². The van der Waals surface area contributed by atoms with Gasteiger partial charge in [0.15, 0.2) is 11.6 Å². The zero-order chi connectivity index (χ0) is 20.0. The van der Waals surface area contributed by atoms with Gasteiger partial charge in [0.2, 0.25) is 5.16 Å². The molecule has 0 fully saturated rings. The zero-order valence-electron chi connectivity index (χ0n) is 14.6. The third-order valence-electron chi connectivity index (χ3n) is 4.36. The summed E-state index contributed by atoms with van der Waals surface area (Å²) in [7, 11) is 0. The van der Waals surface area contributed by atoms with Crippen molar-refractivity contribution in [3.63, 3.8) is 0 Å². The number of rotatable bonds is 3. The van der Waals surface area contributed by atoms with Crippen molar-refractivity contribution in [2.75, 3.05) is 5.75 Å². The molecule has 0 radical (unpaired) electrons. The fourth-order valence-electron chi connectivity index (χ4n) is 2.95. The average Bonchev–Trinajstić information content (AvgIpc) is 3.35. The minimum Gasteiger partial charge on any atom is -0.455 e. The molecule has 4 aromatic rings. The Morgan fingerprint density at radius 1 is 0.966 bits per heavy atom. The summed E-state index contributed by atoms with van der Waals surface area (Å²) in [4.78, 5) is 0. The van der Waals surface area contributed by atoms with E-state index in [-0.39, 0.29) is 0 Å². The van der Waals surface area contributed by atoms with Crippen LogP contribution in [0.3, 0.4) is 0 Å². The second kappa shape index (κ2) is 7.65. The lowest BCUT2D eigenvalue weighted by Crippen LogP contribution is -2.13. The van der Waals surface area contributed by atoms with Gasteiger partial charge >= 0.3 is 0 Å². The van der Waals surface area contributed by atoms with E-state index in [2.05, 4.69) is 26.1 Å². The van der Waals surface area contributed by atoms with E-state index in [9.17, 15) is 0 Å². The lowest BCUT2D eigenvalue weighted by molar-refractivity contribution is 0.570. The number of furan rings is 1. The molecule has 0 N–H and O–H groups in total. The molecule has 0 bridgehead atoms. The van der Waals surface area contributed by atoms with E-state index in [0.717, 1.165) is 26.5 Å². The van der Waals surface area contributed by atoms with Gasteiger partial charge in [-0.3, -0.25) is 0 Å². The van der Waals surface area contributed by atoms with Crippen molar-refractivity contribution < 1.29 is 4.42 Å². The lowest BCUT2D eigenvalue weighted by atomic mass is 10.2. The van der Waals surface area contributed by atoms with Crippen LogP contribution in [0.15, 0.2) is 73.7 Å². The maximum atomic E-state index is 6.31. The molecule has 0 saturated heterocycles. The summed E-state index contributed by atoms with van der Waals surface area (Å²) in [6.45, 7) is 0. The Labute approximate surface area is 188 Å². The standard InChI is InChI=1S/C20H11BrCl2N4OS/c21-12-3-1-11(2-4-12)19-24-25-20-27(19)26-16(10-29-20)18-8-7-17(28-18)14-6-5-13(22)9-15(14)23/h1-9H,10H2. The predicted octanol–water partition coefficient (Wildman–Crippen LogP) is 6.63. The highest BCUT2D eigenvalue weighted by Crippen LogP contribution is 2.33. The van der Waals surface area contributed by atoms with Crippen molar-refractivity contribution in [2.24, 2.45) is 5.10 Å². The molecule has 29 heavy (non-hydrogen) atoms. The molecule has 9 heteroatoms. The van der Waals surface area contributed by atoms with Crippen molar-refractivity contribution in [1.82, 2.24) is 14.9 Å². The number of aromatic nitrogens is 3. The molecule has 5 rings (SSSR count). The fraction of sp³-hybridized carbons (Fsp3) is 0.0500. The van der Waals surface area contributed by atoms with Crippen LogP contribution in [0.5, 0.6) is 0 Å². The Bertz CT molecular complexity index is 1250. The van der Waals surface area contributed by atoms with Gasteiger partial charge in [-0.1, -0.05) is 63.0 Å². The van der Waals surface area contributed by atoms with Gasteiger partial charge in [-0.2, -0.15) is 9.78 Å². The summed E-state index contributed by atoms with van der Waals surface area (Å²) < 4.78 is 8.81. The molecule has 2 aromatic heterocycles. The number of benzene rings is 2. The van der Waals surface area contributed by atoms with Crippen LogP contribution in [-0.2, 0) is 0 Å². The molecule has 0 saturated carbocycles. The Kier molecular flexibility index (Phi) is 4.99. The number of nitrogens with zero attached hydrogens (tertiary/aromatic N) is 4. The summed E-state index contributed by atoms with van der Waals surface area (Å²) in [5.74, 6) is 2.67. The van der Waals surface area contributed by atoms with Crippen molar-refractivity contribution in [1.29, 1.82) is 0 Å². The third-order valence-corrected chi connectivity index (χ3v) is 6.37. The third kappa shape index (κ3) is 3.64. The molecule has 1 aliphatic heterocycles. The molecule has 3 heterocycles. The summed E-state index contributed by atoms with van der Waals surface area (Å²) in [5, 5.41) is 15.2. The molecule has 0 spiro atoms. The van der Waals surface area contributed by atoms with Gasteiger partial charge in [0, 0.05) is 26.4 Å². The summed E-state index contributed by atoms with van der Waals surface area (Å²) >= 11 is 17.3. The van der Waals surface area contributed by atoms with E-state index in [0.29, 0.717) is 33.1 Å². The van der Waals surface area contributed by atoms with E-state index in [4.69, 9.17) is 32.7 Å². The monoisotopic (exact) mass is 504 g/mol. The molecular weight excluding hydrogens is 495 g/mol. The van der Waals surface area contributed by atoms with Crippen LogP contribution in [0.1, 0.15) is 5.76 Å². The van der Waals surface area contributed by atoms with Gasteiger partial charge in [-0.05, 0) is 42.5 Å². The van der Waals surface area contributed by atoms with Crippen LogP contribution in [0.2, 0.25) is 10.0 Å². The minimum atomic E-state index is 0.539. The SMILES string of the molecule is Clc1ccc(-c2ccc(C3=Nn4c(nnc4-c4ccc(Br)cc4)SC3)o2)c(Cl)c1. The van der Waals surface area contributed by atoms with Crippen molar-refractivity contribution >= 4 is 56.6 Å². The Morgan fingerprint density at radius 3 is 2.55 bits per heavy atom. The van der Waals surface area contributed by atoms with Crippen LogP contribution in [0, 0.1) is 0 Å². The quantitative estimate of drug-likeness (QED) is 0.313. The topological polar surface area (TPSA) is 56.2 Å². The first kappa shape index (κ1) is 18.9. The first-order chi connectivity index (χ1) is 14.1. The molecule has 0 atom stereocenters. The van der Waals surface area contributed by atoms with Crippen LogP contribution in [0.4, 0.5) is 0 Å². The van der Waals surface area contributed by atoms with Gasteiger partial charge in [0.1, 0.15) is 11.5 Å². The number of thioether (sulfide) groups is 1. The normalized spacial score (nSPS) is 13.3. The van der Waals surface area contributed by atoms with Gasteiger partial charge in [-0.25, -0.2) is 0 Å². The second-order valence-corrected chi connectivity index (χ2v) is 8.95. The summed E-state index contributed by atoms with van der Waals surface area (Å²) in [6, 6.07) is 17.0. The highest BCUT2D eigenvalue weighted by molar-refractivity contribution is 9.10. The number of halogens is 3. The van der Waals surface area contributed by atoms with Crippen LogP contribution < -0.4 is 0 Å². The van der Waals surface area contributed by atoms with Crippen LogP contribution >= 0.6 is 50.9 Å². The van der Waals surface area contributed by atoms with E-state index in [1.54, 1.807) is 28.6 Å². The Hall–Kier alpha value is -2.06. The molecule has 1 aliphatic rings. The van der Waals surface area contributed by atoms with E-state index in [1.807, 2.05) is 42.5 Å². The number of hydrogen-bond donors (Lipinski definition) is 0. The largest absolute Gasteiger partial charge is 0.455 e. The molecular formula is C20H11BrCl2N4OS. The molecule has 5 nitrogen and oxygen atoms in total. The fourth-order valence-corrected chi connectivity index (χ4v) is 4.53. The minimum absolute atomic E-state index is 0.539. The van der Waals surface area contributed by atoms with Crippen molar-refractivity contribution in [3.05, 3.63) is 74.9 Å². The molecule has 0 unspecified atom stereocenters. The van der Waals surface area contributed by atoms with Crippen molar-refractivity contribution in [2.45, 2.75) is 5.16 Å². The maximum Gasteiger partial charge on any atom is 0.212 e. The molecule has 144 valence electrons. The molecule has 0 aliphatic carbocycles. The van der Waals surface area contributed by atoms with Crippen LogP contribution in [0.25, 0.3) is 22.7 Å². The highest BCUT2D eigenvalue weighted by Gasteiger charge is 2.23. The zero-order valence-corrected chi connectivity index (χ0v) is 18.6. The average molecular weight is 506 g/mol. The summed E-state index contributed by atoms with van der Waals surface area (Å²) in [6.07, 6.45) is 0. The maximum absolute atomic E-state index is 6.31. The predicted molar refractivity (Wildman–Crippen MR) is 120 cm³/mol. The molecule has 0 amide bonds. The first-order valence-corrected chi connectivity index (χ1v) is 11.1. The van der Waals surface area contributed by atoms with Crippen molar-refractivity contribution in [3.8, 4) is 22.7 Å². The number of fused-ring (bicyclic) bond motifs is 1. The Balaban J connectivity index is 1.51. The molecule has 2 aromatic carbocycles. The summed E-state index contributed by atoms with van der Waals surface area (Å²) in [5.41, 5.74) is 2.52. The first-order valence-electron chi connectivity index (χ1n) is 8.56. The highest BCUT2D eigenvalue weighted by atomic mass is 79.9. The smallest absolute Gasteiger partial charge is 0.212 e. The lowest BCUT2D eigenvalue weighted by Gasteiger charge is -2.12. The van der Waals surface area contributed by atoms with Gasteiger partial charge in [0.05, 0.1) is 5.02 Å². The second-order valence-electron chi connectivity index (χ2n) is 6.25. The van der Waals surface area contributed by atoms with Gasteiger partial charge < -0.3 is 4.42 Å². The van der Waals surface area contributed by atoms with E-state index < -0.39 is 0 Å². The van der Waals surface area contributed by atoms with Gasteiger partial charge in [0.25, 0.3) is 0 Å². The van der Waals surface area contributed by atoms with E-state index in [1.165, 1.54) is 0 Å². The van der Waals surface area contributed by atoms with E-state index >= 15 is 0 Å². The Morgan fingerprint density at radius 2 is 1.76 bits per heavy atom. The van der Waals surface area contributed by atoms with Gasteiger partial charge in [-0.15, -0.1) is 10.2 Å².